The van der Waals surface area contributed by atoms with Crippen LogP contribution in [0.4, 0.5) is 4.79 Å². The standard InChI is InChI=1S/C28H29NO4/c1-3-11-21-16-17-25(31-4-2)26(18-21)32-20-24-19-29(28(30)33-24)27(22-12-7-5-8-13-22)23-14-9-6-10-15-23/h3,5-18,24,27H,4,19-20H2,1-2H3/b11-3+. The number of amides is 1. The molecule has 4 rings (SSSR count). The Morgan fingerprint density at radius 3 is 2.24 bits per heavy atom. The van der Waals surface area contributed by atoms with Crippen molar-refractivity contribution < 1.29 is 19.0 Å². The second-order valence-electron chi connectivity index (χ2n) is 7.83. The summed E-state index contributed by atoms with van der Waals surface area (Å²) in [7, 11) is 0. The largest absolute Gasteiger partial charge is 0.490 e. The molecule has 1 saturated heterocycles. The third-order valence-corrected chi connectivity index (χ3v) is 5.50. The van der Waals surface area contributed by atoms with E-state index in [-0.39, 0.29) is 24.8 Å². The van der Waals surface area contributed by atoms with Gasteiger partial charge in [0.25, 0.3) is 0 Å². The highest BCUT2D eigenvalue weighted by Gasteiger charge is 2.38. The Morgan fingerprint density at radius 1 is 0.970 bits per heavy atom. The number of hydrogen-bond acceptors (Lipinski definition) is 4. The Balaban J connectivity index is 1.52. The van der Waals surface area contributed by atoms with E-state index in [1.807, 2.05) is 105 Å². The second-order valence-corrected chi connectivity index (χ2v) is 7.83. The zero-order valence-electron chi connectivity index (χ0n) is 19.0. The van der Waals surface area contributed by atoms with E-state index >= 15 is 0 Å². The summed E-state index contributed by atoms with van der Waals surface area (Å²) >= 11 is 0. The normalized spacial score (nSPS) is 15.8. The Labute approximate surface area is 195 Å². The van der Waals surface area contributed by atoms with E-state index in [0.29, 0.717) is 24.7 Å². The number of carbonyl (C=O) groups excluding carboxylic acids is 1. The molecule has 1 aliphatic rings. The summed E-state index contributed by atoms with van der Waals surface area (Å²) in [6.07, 6.45) is 3.26. The molecule has 0 radical (unpaired) electrons. The van der Waals surface area contributed by atoms with Gasteiger partial charge in [-0.05, 0) is 42.7 Å². The smallest absolute Gasteiger partial charge is 0.411 e. The van der Waals surface area contributed by atoms with Crippen LogP contribution >= 0.6 is 0 Å². The minimum atomic E-state index is -0.382. The van der Waals surface area contributed by atoms with Crippen LogP contribution in [0, 0.1) is 0 Å². The van der Waals surface area contributed by atoms with E-state index in [1.54, 1.807) is 4.90 Å². The maximum absolute atomic E-state index is 12.9. The van der Waals surface area contributed by atoms with Crippen molar-refractivity contribution in [3.63, 3.8) is 0 Å². The number of allylic oxidation sites excluding steroid dienone is 1. The molecule has 1 amide bonds. The van der Waals surface area contributed by atoms with Gasteiger partial charge in [0, 0.05) is 0 Å². The zero-order chi connectivity index (χ0) is 23.0. The van der Waals surface area contributed by atoms with Gasteiger partial charge in [0.15, 0.2) is 17.6 Å². The Hall–Kier alpha value is -3.73. The number of nitrogens with zero attached hydrogens (tertiary/aromatic N) is 1. The molecule has 3 aromatic carbocycles. The van der Waals surface area contributed by atoms with Crippen molar-refractivity contribution in [1.82, 2.24) is 4.90 Å². The van der Waals surface area contributed by atoms with Crippen LogP contribution in [-0.2, 0) is 4.74 Å². The van der Waals surface area contributed by atoms with Crippen LogP contribution < -0.4 is 9.47 Å². The molecule has 0 aliphatic carbocycles. The summed E-state index contributed by atoms with van der Waals surface area (Å²) in [4.78, 5) is 14.7. The van der Waals surface area contributed by atoms with Crippen LogP contribution in [0.3, 0.4) is 0 Å². The molecule has 5 heteroatoms. The number of ether oxygens (including phenoxy) is 3. The number of cyclic esters (lactones) is 1. The van der Waals surface area contributed by atoms with E-state index in [0.717, 1.165) is 16.7 Å². The number of hydrogen-bond donors (Lipinski definition) is 0. The van der Waals surface area contributed by atoms with E-state index in [1.165, 1.54) is 0 Å². The molecule has 1 atom stereocenters. The molecule has 1 heterocycles. The highest BCUT2D eigenvalue weighted by Crippen LogP contribution is 2.33. The van der Waals surface area contributed by atoms with Crippen molar-refractivity contribution in [3.05, 3.63) is 102 Å². The first-order valence-electron chi connectivity index (χ1n) is 11.3. The molecule has 170 valence electrons. The average Bonchev–Trinajstić information content (AvgIpc) is 3.21. The number of carbonyl (C=O) groups is 1. The molecule has 33 heavy (non-hydrogen) atoms. The molecule has 5 nitrogen and oxygen atoms in total. The highest BCUT2D eigenvalue weighted by atomic mass is 16.6. The van der Waals surface area contributed by atoms with Crippen molar-refractivity contribution in [2.24, 2.45) is 0 Å². The maximum Gasteiger partial charge on any atom is 0.411 e. The summed E-state index contributed by atoms with van der Waals surface area (Å²) in [6, 6.07) is 25.7. The van der Waals surface area contributed by atoms with Crippen LogP contribution in [0.1, 0.15) is 36.6 Å². The Morgan fingerprint density at radius 2 is 1.64 bits per heavy atom. The minimum Gasteiger partial charge on any atom is -0.490 e. The maximum atomic E-state index is 12.9. The van der Waals surface area contributed by atoms with Crippen molar-refractivity contribution in [2.75, 3.05) is 19.8 Å². The summed E-state index contributed by atoms with van der Waals surface area (Å²) in [5.41, 5.74) is 3.11. The molecule has 0 aromatic heterocycles. The molecule has 3 aromatic rings. The molecule has 0 spiro atoms. The minimum absolute atomic E-state index is 0.220. The summed E-state index contributed by atoms with van der Waals surface area (Å²) in [5, 5.41) is 0. The first-order valence-corrected chi connectivity index (χ1v) is 11.3. The lowest BCUT2D eigenvalue weighted by molar-refractivity contribution is 0.101. The van der Waals surface area contributed by atoms with E-state index < -0.39 is 0 Å². The highest BCUT2D eigenvalue weighted by molar-refractivity contribution is 5.71. The summed E-state index contributed by atoms with van der Waals surface area (Å²) in [6.45, 7) is 5.14. The third-order valence-electron chi connectivity index (χ3n) is 5.50. The molecule has 0 bridgehead atoms. The van der Waals surface area contributed by atoms with Crippen molar-refractivity contribution in [2.45, 2.75) is 26.0 Å². The molecular formula is C28H29NO4. The van der Waals surface area contributed by atoms with Crippen molar-refractivity contribution >= 4 is 12.2 Å². The van der Waals surface area contributed by atoms with E-state index in [9.17, 15) is 4.79 Å². The van der Waals surface area contributed by atoms with Crippen LogP contribution in [0.25, 0.3) is 6.08 Å². The van der Waals surface area contributed by atoms with Crippen molar-refractivity contribution in [3.8, 4) is 11.5 Å². The fourth-order valence-electron chi connectivity index (χ4n) is 4.05. The fraction of sp³-hybridized carbons (Fsp3) is 0.250. The SMILES string of the molecule is C/C=C/c1ccc(OCC)c(OCC2CN(C(c3ccccc3)c3ccccc3)C(=O)O2)c1. The zero-order valence-corrected chi connectivity index (χ0v) is 19.0. The van der Waals surface area contributed by atoms with Gasteiger partial charge in [0.1, 0.15) is 6.61 Å². The van der Waals surface area contributed by atoms with Gasteiger partial charge in [-0.2, -0.15) is 0 Å². The predicted octanol–water partition coefficient (Wildman–Crippen LogP) is 6.11. The van der Waals surface area contributed by atoms with Gasteiger partial charge in [-0.15, -0.1) is 0 Å². The van der Waals surface area contributed by atoms with Gasteiger partial charge in [-0.25, -0.2) is 4.79 Å². The van der Waals surface area contributed by atoms with Gasteiger partial charge < -0.3 is 14.2 Å². The lowest BCUT2D eigenvalue weighted by atomic mass is 9.97. The molecule has 0 saturated carbocycles. The lowest BCUT2D eigenvalue weighted by Gasteiger charge is -2.26. The number of benzene rings is 3. The molecule has 1 fully saturated rings. The van der Waals surface area contributed by atoms with Crippen LogP contribution in [0.15, 0.2) is 84.9 Å². The Bertz CT molecular complexity index is 1040. The van der Waals surface area contributed by atoms with Crippen molar-refractivity contribution in [1.29, 1.82) is 0 Å². The average molecular weight is 444 g/mol. The van der Waals surface area contributed by atoms with Gasteiger partial charge in [-0.3, -0.25) is 4.90 Å². The summed E-state index contributed by atoms with van der Waals surface area (Å²) < 4.78 is 17.5. The lowest BCUT2D eigenvalue weighted by Crippen LogP contribution is -2.32. The first kappa shape index (κ1) is 22.5. The molecule has 1 unspecified atom stereocenters. The van der Waals surface area contributed by atoms with Gasteiger partial charge >= 0.3 is 6.09 Å². The Kier molecular flexibility index (Phi) is 7.30. The summed E-state index contributed by atoms with van der Waals surface area (Å²) in [5.74, 6) is 1.32. The van der Waals surface area contributed by atoms with Crippen LogP contribution in [-0.4, -0.2) is 36.9 Å². The second kappa shape index (κ2) is 10.7. The predicted molar refractivity (Wildman–Crippen MR) is 130 cm³/mol. The van der Waals surface area contributed by atoms with Gasteiger partial charge in [0.05, 0.1) is 19.2 Å². The quantitative estimate of drug-likeness (QED) is 0.400. The molecular weight excluding hydrogens is 414 g/mol. The van der Waals surface area contributed by atoms with Gasteiger partial charge in [0.2, 0.25) is 0 Å². The molecule has 1 aliphatic heterocycles. The monoisotopic (exact) mass is 443 g/mol. The van der Waals surface area contributed by atoms with Crippen LogP contribution in [0.5, 0.6) is 11.5 Å². The van der Waals surface area contributed by atoms with Gasteiger partial charge in [-0.1, -0.05) is 78.9 Å². The molecule has 0 N–H and O–H groups in total. The number of rotatable bonds is 9. The third kappa shape index (κ3) is 5.37. The van der Waals surface area contributed by atoms with E-state index in [4.69, 9.17) is 14.2 Å². The van der Waals surface area contributed by atoms with Crippen LogP contribution in [0.2, 0.25) is 0 Å². The van der Waals surface area contributed by atoms with E-state index in [2.05, 4.69) is 0 Å². The topological polar surface area (TPSA) is 48.0 Å². The fourth-order valence-corrected chi connectivity index (χ4v) is 4.05. The first-order chi connectivity index (χ1) is 16.2.